The van der Waals surface area contributed by atoms with Crippen molar-refractivity contribution in [3.8, 4) is 6.07 Å². The summed E-state index contributed by atoms with van der Waals surface area (Å²) < 4.78 is 1.93. The van der Waals surface area contributed by atoms with Crippen molar-refractivity contribution in [2.75, 3.05) is 19.1 Å². The van der Waals surface area contributed by atoms with E-state index in [0.717, 1.165) is 27.3 Å². The van der Waals surface area contributed by atoms with E-state index < -0.39 is 5.54 Å². The number of hydrogen-bond acceptors (Lipinski definition) is 7. The summed E-state index contributed by atoms with van der Waals surface area (Å²) in [5.41, 5.74) is -0.393. The first-order valence-electron chi connectivity index (χ1n) is 5.34. The van der Waals surface area contributed by atoms with Crippen molar-refractivity contribution in [2.24, 2.45) is 5.92 Å². The molecule has 7 heteroatoms. The zero-order valence-corrected chi connectivity index (χ0v) is 12.2. The first kappa shape index (κ1) is 13.1. The molecule has 1 aliphatic carbocycles. The molecule has 0 aliphatic heterocycles. The SMILES string of the molecule is CNC(C#N)(CSc1nnc(SC)s1)C1CC1. The highest BCUT2D eigenvalue weighted by Gasteiger charge is 2.44. The third-order valence-corrected chi connectivity index (χ3v) is 6.13. The molecule has 0 aromatic carbocycles. The van der Waals surface area contributed by atoms with Crippen molar-refractivity contribution in [1.82, 2.24) is 15.5 Å². The molecule has 1 N–H and O–H groups in total. The topological polar surface area (TPSA) is 61.6 Å². The lowest BCUT2D eigenvalue weighted by atomic mass is 9.98. The summed E-state index contributed by atoms with van der Waals surface area (Å²) >= 11 is 4.82. The van der Waals surface area contributed by atoms with E-state index >= 15 is 0 Å². The molecule has 92 valence electrons. The highest BCUT2D eigenvalue weighted by atomic mass is 32.2. The zero-order valence-electron chi connectivity index (χ0n) is 9.77. The zero-order chi connectivity index (χ0) is 12.3. The van der Waals surface area contributed by atoms with Crippen molar-refractivity contribution in [1.29, 1.82) is 5.26 Å². The second kappa shape index (κ2) is 5.57. The molecule has 0 saturated heterocycles. The fourth-order valence-electron chi connectivity index (χ4n) is 1.66. The molecule has 2 rings (SSSR count). The molecule has 17 heavy (non-hydrogen) atoms. The lowest BCUT2D eigenvalue weighted by molar-refractivity contribution is 0.441. The van der Waals surface area contributed by atoms with Crippen LogP contribution in [0.2, 0.25) is 0 Å². The number of hydrogen-bond donors (Lipinski definition) is 1. The maximum Gasteiger partial charge on any atom is 0.175 e. The molecular formula is C10H14N4S3. The minimum atomic E-state index is -0.393. The van der Waals surface area contributed by atoms with E-state index in [1.165, 1.54) is 0 Å². The Morgan fingerprint density at radius 1 is 1.53 bits per heavy atom. The fourth-order valence-corrected chi connectivity index (χ4v) is 4.37. The van der Waals surface area contributed by atoms with Gasteiger partial charge in [0.2, 0.25) is 0 Å². The summed E-state index contributed by atoms with van der Waals surface area (Å²) in [7, 11) is 1.87. The van der Waals surface area contributed by atoms with E-state index in [4.69, 9.17) is 0 Å². The number of aromatic nitrogens is 2. The lowest BCUT2D eigenvalue weighted by Crippen LogP contribution is -2.46. The second-order valence-electron chi connectivity index (χ2n) is 3.93. The fraction of sp³-hybridized carbons (Fsp3) is 0.700. The Morgan fingerprint density at radius 3 is 2.71 bits per heavy atom. The van der Waals surface area contributed by atoms with Gasteiger partial charge in [0.15, 0.2) is 8.68 Å². The average molecular weight is 286 g/mol. The van der Waals surface area contributed by atoms with Crippen LogP contribution in [-0.2, 0) is 0 Å². The minimum absolute atomic E-state index is 0.393. The Morgan fingerprint density at radius 2 is 2.24 bits per heavy atom. The van der Waals surface area contributed by atoms with Crippen LogP contribution in [0, 0.1) is 17.2 Å². The maximum absolute atomic E-state index is 9.35. The van der Waals surface area contributed by atoms with Crippen LogP contribution < -0.4 is 5.32 Å². The summed E-state index contributed by atoms with van der Waals surface area (Å²) in [6.07, 6.45) is 4.30. The number of thioether (sulfide) groups is 2. The van der Waals surface area contributed by atoms with Gasteiger partial charge < -0.3 is 5.32 Å². The lowest BCUT2D eigenvalue weighted by Gasteiger charge is -2.24. The van der Waals surface area contributed by atoms with Crippen LogP contribution in [0.1, 0.15) is 12.8 Å². The molecule has 0 bridgehead atoms. The standard InChI is InChI=1S/C10H14N4S3/c1-12-10(5-11,7-3-4-7)6-16-9-14-13-8(15-2)17-9/h7,12H,3-4,6H2,1-2H3. The van der Waals surface area contributed by atoms with Gasteiger partial charge in [0.1, 0.15) is 5.54 Å². The minimum Gasteiger partial charge on any atom is -0.302 e. The number of nitriles is 1. The van der Waals surface area contributed by atoms with Crippen LogP contribution >= 0.6 is 34.9 Å². The summed E-state index contributed by atoms with van der Waals surface area (Å²) in [5.74, 6) is 1.24. The van der Waals surface area contributed by atoms with Crippen LogP contribution in [0.25, 0.3) is 0 Å². The average Bonchev–Trinajstić information content (AvgIpc) is 3.11. The molecule has 0 radical (unpaired) electrons. The largest absolute Gasteiger partial charge is 0.302 e. The van der Waals surface area contributed by atoms with E-state index in [1.807, 2.05) is 13.3 Å². The van der Waals surface area contributed by atoms with Crippen molar-refractivity contribution in [2.45, 2.75) is 27.1 Å². The van der Waals surface area contributed by atoms with Gasteiger partial charge in [-0.2, -0.15) is 5.26 Å². The summed E-state index contributed by atoms with van der Waals surface area (Å²) in [5, 5.41) is 20.7. The molecule has 1 aliphatic rings. The van der Waals surface area contributed by atoms with Crippen LogP contribution in [0.15, 0.2) is 8.68 Å². The third kappa shape index (κ3) is 2.94. The van der Waals surface area contributed by atoms with Crippen molar-refractivity contribution in [3.05, 3.63) is 0 Å². The van der Waals surface area contributed by atoms with Gasteiger partial charge in [0.05, 0.1) is 6.07 Å². The van der Waals surface area contributed by atoms with Gasteiger partial charge in [-0.15, -0.1) is 10.2 Å². The first-order chi connectivity index (χ1) is 8.24. The van der Waals surface area contributed by atoms with Gasteiger partial charge in [-0.05, 0) is 32.1 Å². The molecule has 0 amide bonds. The molecule has 1 aromatic heterocycles. The molecule has 1 heterocycles. The molecule has 1 fully saturated rings. The summed E-state index contributed by atoms with van der Waals surface area (Å²) in [6.45, 7) is 0. The summed E-state index contributed by atoms with van der Waals surface area (Å²) in [4.78, 5) is 0. The van der Waals surface area contributed by atoms with Gasteiger partial charge in [-0.25, -0.2) is 0 Å². The maximum atomic E-state index is 9.35. The Hall–Kier alpha value is -0.290. The predicted octanol–water partition coefficient (Wildman–Crippen LogP) is 2.24. The van der Waals surface area contributed by atoms with E-state index in [0.29, 0.717) is 5.92 Å². The van der Waals surface area contributed by atoms with Crippen LogP contribution in [-0.4, -0.2) is 34.8 Å². The van der Waals surface area contributed by atoms with Gasteiger partial charge in [-0.3, -0.25) is 0 Å². The van der Waals surface area contributed by atoms with E-state index in [9.17, 15) is 5.26 Å². The highest BCUT2D eigenvalue weighted by Crippen LogP contribution is 2.42. The van der Waals surface area contributed by atoms with Crippen LogP contribution in [0.3, 0.4) is 0 Å². The Bertz CT molecular complexity index is 423. The molecule has 0 spiro atoms. The first-order valence-corrected chi connectivity index (χ1v) is 8.37. The van der Waals surface area contributed by atoms with E-state index in [1.54, 1.807) is 34.9 Å². The van der Waals surface area contributed by atoms with E-state index in [-0.39, 0.29) is 0 Å². The second-order valence-corrected chi connectivity index (χ2v) is 7.19. The van der Waals surface area contributed by atoms with Gasteiger partial charge in [0.25, 0.3) is 0 Å². The molecule has 4 nitrogen and oxygen atoms in total. The molecule has 1 unspecified atom stereocenters. The van der Waals surface area contributed by atoms with Gasteiger partial charge >= 0.3 is 0 Å². The smallest absolute Gasteiger partial charge is 0.175 e. The number of nitrogens with one attached hydrogen (secondary N) is 1. The Balaban J connectivity index is 1.98. The van der Waals surface area contributed by atoms with E-state index in [2.05, 4.69) is 21.6 Å². The molecule has 1 saturated carbocycles. The molecule has 1 atom stereocenters. The number of nitrogens with zero attached hydrogens (tertiary/aromatic N) is 3. The normalized spacial score (nSPS) is 18.6. The van der Waals surface area contributed by atoms with Crippen molar-refractivity contribution >= 4 is 34.9 Å². The molecular weight excluding hydrogens is 272 g/mol. The van der Waals surface area contributed by atoms with Crippen LogP contribution in [0.5, 0.6) is 0 Å². The summed E-state index contributed by atoms with van der Waals surface area (Å²) in [6, 6.07) is 2.44. The van der Waals surface area contributed by atoms with Crippen molar-refractivity contribution in [3.63, 3.8) is 0 Å². The monoisotopic (exact) mass is 286 g/mol. The van der Waals surface area contributed by atoms with Gasteiger partial charge in [0, 0.05) is 5.75 Å². The molecule has 1 aromatic rings. The van der Waals surface area contributed by atoms with Crippen molar-refractivity contribution < 1.29 is 0 Å². The Kier molecular flexibility index (Phi) is 4.31. The quantitative estimate of drug-likeness (QED) is 0.809. The predicted molar refractivity (Wildman–Crippen MR) is 72.5 cm³/mol. The Labute approximate surface area is 114 Å². The number of rotatable bonds is 6. The third-order valence-electron chi connectivity index (χ3n) is 2.91. The van der Waals surface area contributed by atoms with Crippen LogP contribution in [0.4, 0.5) is 0 Å². The highest BCUT2D eigenvalue weighted by molar-refractivity contribution is 8.03. The van der Waals surface area contributed by atoms with Gasteiger partial charge in [-0.1, -0.05) is 34.9 Å².